The smallest absolute Gasteiger partial charge is 0.221 e. The molecule has 0 aliphatic carbocycles. The van der Waals surface area contributed by atoms with Gasteiger partial charge in [-0.15, -0.1) is 0 Å². The van der Waals surface area contributed by atoms with Gasteiger partial charge in [-0.1, -0.05) is 0 Å². The van der Waals surface area contributed by atoms with Gasteiger partial charge in [0.2, 0.25) is 5.91 Å². The van der Waals surface area contributed by atoms with Gasteiger partial charge in [0.05, 0.1) is 7.11 Å². The molecule has 0 bridgehead atoms. The minimum absolute atomic E-state index is 0.108. The molecule has 0 spiro atoms. The monoisotopic (exact) mass is 158 g/mol. The van der Waals surface area contributed by atoms with E-state index >= 15 is 0 Å². The molecule has 1 fully saturated rings. The zero-order valence-corrected chi connectivity index (χ0v) is 6.72. The van der Waals surface area contributed by atoms with Crippen molar-refractivity contribution >= 4 is 5.91 Å². The Labute approximate surface area is 66.3 Å². The molecule has 1 aliphatic rings. The Bertz CT molecular complexity index is 138. The van der Waals surface area contributed by atoms with Crippen molar-refractivity contribution in [1.29, 1.82) is 0 Å². The van der Waals surface area contributed by atoms with Gasteiger partial charge in [0.15, 0.2) is 0 Å². The Hall–Kier alpha value is -0.610. The summed E-state index contributed by atoms with van der Waals surface area (Å²) >= 11 is 0. The molecule has 0 radical (unpaired) electrons. The topological polar surface area (TPSA) is 50.4 Å². The fourth-order valence-electron chi connectivity index (χ4n) is 1.24. The number of hydroxylamine groups is 1. The second-order valence-electron chi connectivity index (χ2n) is 2.72. The summed E-state index contributed by atoms with van der Waals surface area (Å²) in [4.78, 5) is 15.7. The van der Waals surface area contributed by atoms with Gasteiger partial charge < -0.3 is 10.2 Å². The second-order valence-corrected chi connectivity index (χ2v) is 2.72. The van der Waals surface area contributed by atoms with Crippen molar-refractivity contribution in [1.82, 2.24) is 10.8 Å². The van der Waals surface area contributed by atoms with E-state index in [1.165, 1.54) is 0 Å². The molecule has 11 heavy (non-hydrogen) atoms. The molecule has 1 amide bonds. The van der Waals surface area contributed by atoms with Gasteiger partial charge in [0.25, 0.3) is 0 Å². The summed E-state index contributed by atoms with van der Waals surface area (Å²) < 4.78 is 0. The summed E-state index contributed by atoms with van der Waals surface area (Å²) in [6, 6.07) is 0.183. The van der Waals surface area contributed by atoms with Gasteiger partial charge >= 0.3 is 0 Å². The maximum atomic E-state index is 11.0. The highest BCUT2D eigenvalue weighted by molar-refractivity contribution is 5.76. The first kappa shape index (κ1) is 8.49. The summed E-state index contributed by atoms with van der Waals surface area (Å²) in [6.07, 6.45) is 2.53. The third-order valence-electron chi connectivity index (χ3n) is 1.77. The van der Waals surface area contributed by atoms with Crippen molar-refractivity contribution < 1.29 is 9.63 Å². The highest BCUT2D eigenvalue weighted by atomic mass is 16.6. The third-order valence-corrected chi connectivity index (χ3v) is 1.77. The molecule has 4 heteroatoms. The quantitative estimate of drug-likeness (QED) is 0.547. The van der Waals surface area contributed by atoms with Crippen molar-refractivity contribution in [3.8, 4) is 0 Å². The van der Waals surface area contributed by atoms with Gasteiger partial charge in [0, 0.05) is 19.0 Å². The third kappa shape index (κ3) is 2.86. The normalized spacial score (nSPS) is 25.9. The predicted octanol–water partition coefficient (Wildman–Crippen LogP) is -0.194. The van der Waals surface area contributed by atoms with Crippen molar-refractivity contribution in [3.63, 3.8) is 0 Å². The Kier molecular flexibility index (Phi) is 3.32. The lowest BCUT2D eigenvalue weighted by molar-refractivity contribution is -0.121. The molecule has 0 saturated carbocycles. The SMILES string of the molecule is CONC1CCCNC(=O)C1. The molecule has 64 valence electrons. The van der Waals surface area contributed by atoms with Crippen LogP contribution in [0.2, 0.25) is 0 Å². The van der Waals surface area contributed by atoms with E-state index in [1.54, 1.807) is 7.11 Å². The van der Waals surface area contributed by atoms with Crippen LogP contribution in [0.5, 0.6) is 0 Å². The number of rotatable bonds is 2. The fraction of sp³-hybridized carbons (Fsp3) is 0.857. The number of carbonyl (C=O) groups is 1. The van der Waals surface area contributed by atoms with Crippen molar-refractivity contribution in [2.75, 3.05) is 13.7 Å². The van der Waals surface area contributed by atoms with E-state index < -0.39 is 0 Å². The lowest BCUT2D eigenvalue weighted by atomic mass is 10.1. The van der Waals surface area contributed by atoms with Crippen LogP contribution in [-0.2, 0) is 9.63 Å². The van der Waals surface area contributed by atoms with E-state index in [-0.39, 0.29) is 11.9 Å². The zero-order valence-electron chi connectivity index (χ0n) is 6.72. The lowest BCUT2D eigenvalue weighted by Crippen LogP contribution is -2.31. The van der Waals surface area contributed by atoms with Crippen LogP contribution in [-0.4, -0.2) is 25.6 Å². The van der Waals surface area contributed by atoms with Crippen molar-refractivity contribution in [2.24, 2.45) is 0 Å². The van der Waals surface area contributed by atoms with Gasteiger partial charge in [-0.2, -0.15) is 5.48 Å². The second kappa shape index (κ2) is 4.31. The summed E-state index contributed by atoms with van der Waals surface area (Å²) in [5, 5.41) is 2.80. The lowest BCUT2D eigenvalue weighted by Gasteiger charge is -2.11. The fourth-order valence-corrected chi connectivity index (χ4v) is 1.24. The standard InChI is InChI=1S/C7H14N2O2/c1-11-9-6-3-2-4-8-7(10)5-6/h6,9H,2-5H2,1H3,(H,8,10). The minimum atomic E-state index is 0.108. The molecule has 0 aromatic rings. The van der Waals surface area contributed by atoms with Crippen LogP contribution >= 0.6 is 0 Å². The predicted molar refractivity (Wildman–Crippen MR) is 40.8 cm³/mol. The van der Waals surface area contributed by atoms with Crippen LogP contribution in [0, 0.1) is 0 Å². The Balaban J connectivity index is 2.33. The first-order valence-corrected chi connectivity index (χ1v) is 3.88. The molecule has 1 rings (SSSR count). The molecule has 0 aromatic carbocycles. The zero-order chi connectivity index (χ0) is 8.10. The molecular weight excluding hydrogens is 144 g/mol. The van der Waals surface area contributed by atoms with Crippen LogP contribution in [0.1, 0.15) is 19.3 Å². The van der Waals surface area contributed by atoms with Crippen LogP contribution in [0.3, 0.4) is 0 Å². The molecule has 4 nitrogen and oxygen atoms in total. The van der Waals surface area contributed by atoms with E-state index in [0.717, 1.165) is 19.4 Å². The van der Waals surface area contributed by atoms with Gasteiger partial charge in [-0.05, 0) is 12.8 Å². The number of carbonyl (C=O) groups excluding carboxylic acids is 1. The van der Waals surface area contributed by atoms with Gasteiger partial charge in [-0.25, -0.2) is 0 Å². The van der Waals surface area contributed by atoms with Crippen LogP contribution < -0.4 is 10.8 Å². The average Bonchev–Trinajstić information content (AvgIpc) is 2.15. The van der Waals surface area contributed by atoms with E-state index in [9.17, 15) is 4.79 Å². The highest BCUT2D eigenvalue weighted by Gasteiger charge is 2.16. The number of nitrogens with one attached hydrogen (secondary N) is 2. The Morgan fingerprint density at radius 1 is 1.73 bits per heavy atom. The Morgan fingerprint density at radius 3 is 3.27 bits per heavy atom. The summed E-state index contributed by atoms with van der Waals surface area (Å²) in [6.45, 7) is 0.792. The molecule has 1 saturated heterocycles. The molecule has 2 N–H and O–H groups in total. The largest absolute Gasteiger partial charge is 0.356 e. The average molecular weight is 158 g/mol. The van der Waals surface area contributed by atoms with Crippen LogP contribution in [0.4, 0.5) is 0 Å². The first-order chi connectivity index (χ1) is 5.33. The van der Waals surface area contributed by atoms with Crippen molar-refractivity contribution in [2.45, 2.75) is 25.3 Å². The van der Waals surface area contributed by atoms with E-state index in [2.05, 4.69) is 10.8 Å². The molecule has 1 unspecified atom stereocenters. The Morgan fingerprint density at radius 2 is 2.55 bits per heavy atom. The molecule has 0 aromatic heterocycles. The maximum Gasteiger partial charge on any atom is 0.221 e. The molecule has 1 aliphatic heterocycles. The highest BCUT2D eigenvalue weighted by Crippen LogP contribution is 2.04. The van der Waals surface area contributed by atoms with Crippen LogP contribution in [0.25, 0.3) is 0 Å². The summed E-state index contributed by atoms with van der Waals surface area (Å²) in [5.74, 6) is 0.108. The maximum absolute atomic E-state index is 11.0. The van der Waals surface area contributed by atoms with E-state index in [1.807, 2.05) is 0 Å². The molecule has 1 heterocycles. The van der Waals surface area contributed by atoms with Gasteiger partial charge in [0.1, 0.15) is 0 Å². The molecular formula is C7H14N2O2. The minimum Gasteiger partial charge on any atom is -0.356 e. The molecule has 1 atom stereocenters. The van der Waals surface area contributed by atoms with E-state index in [4.69, 9.17) is 4.84 Å². The van der Waals surface area contributed by atoms with Crippen molar-refractivity contribution in [3.05, 3.63) is 0 Å². The van der Waals surface area contributed by atoms with Crippen LogP contribution in [0.15, 0.2) is 0 Å². The summed E-state index contributed by atoms with van der Waals surface area (Å²) in [5.41, 5.74) is 2.79. The summed E-state index contributed by atoms with van der Waals surface area (Å²) in [7, 11) is 1.57. The number of hydrogen-bond acceptors (Lipinski definition) is 3. The first-order valence-electron chi connectivity index (χ1n) is 3.88. The number of amides is 1. The van der Waals surface area contributed by atoms with E-state index in [0.29, 0.717) is 6.42 Å². The number of hydrogen-bond donors (Lipinski definition) is 2. The van der Waals surface area contributed by atoms with Gasteiger partial charge in [-0.3, -0.25) is 4.79 Å².